The molecule has 3 aliphatic rings. The van der Waals surface area contributed by atoms with E-state index in [-0.39, 0.29) is 33.9 Å². The van der Waals surface area contributed by atoms with Crippen LogP contribution in [0, 0.1) is 0 Å². The molecule has 11 aromatic rings. The van der Waals surface area contributed by atoms with Crippen LogP contribution < -0.4 is 20.7 Å². The minimum Gasteiger partial charge on any atom is -0.455 e. The van der Waals surface area contributed by atoms with E-state index in [9.17, 15) is 0 Å². The maximum Gasteiger partial charge on any atom is 0.333 e. The zero-order chi connectivity index (χ0) is 55.7. The van der Waals surface area contributed by atoms with Gasteiger partial charge in [-0.2, -0.15) is 0 Å². The summed E-state index contributed by atoms with van der Waals surface area (Å²) >= 11 is 0. The van der Waals surface area contributed by atoms with E-state index in [0.717, 1.165) is 39.0 Å². The lowest BCUT2D eigenvalue weighted by atomic mass is 9.44. The molecule has 4 heterocycles. The van der Waals surface area contributed by atoms with Gasteiger partial charge in [0.1, 0.15) is 11.2 Å². The van der Waals surface area contributed by atoms with Crippen LogP contribution in [0.1, 0.15) is 130 Å². The maximum atomic E-state index is 7.34. The average Bonchev–Trinajstić information content (AvgIpc) is 3.19. The van der Waals surface area contributed by atoms with E-state index in [1.54, 1.807) is 0 Å². The van der Waals surface area contributed by atoms with Crippen LogP contribution in [0.5, 0.6) is 0 Å². The number of nitrogens with zero attached hydrogens (tertiary/aromatic N) is 3. The first-order chi connectivity index (χ1) is 38.0. The molecule has 0 bridgehead atoms. The van der Waals surface area contributed by atoms with Crippen molar-refractivity contribution in [2.75, 3.05) is 9.80 Å². The summed E-state index contributed by atoms with van der Waals surface area (Å²) in [6.07, 6.45) is 0. The van der Waals surface area contributed by atoms with Crippen LogP contribution in [0.4, 0.5) is 34.1 Å². The number of fused-ring (bicyclic) bond motifs is 13. The number of hydrogen-bond donors (Lipinski definition) is 0. The highest BCUT2D eigenvalue weighted by atomic mass is 16.3. The van der Waals surface area contributed by atoms with Crippen molar-refractivity contribution in [3.8, 4) is 33.5 Å². The number of para-hydroxylation sites is 1. The van der Waals surface area contributed by atoms with Gasteiger partial charge in [0, 0.05) is 77.8 Å². The smallest absolute Gasteiger partial charge is 0.333 e. The molecule has 0 unspecified atom stereocenters. The Morgan fingerprint density at radius 1 is 0.475 bits per heavy atom. The normalized spacial score (nSPS) is 14.4. The summed E-state index contributed by atoms with van der Waals surface area (Å²) in [4.78, 5) is 5.18. The van der Waals surface area contributed by atoms with Crippen molar-refractivity contribution in [1.82, 2.24) is 4.48 Å². The van der Waals surface area contributed by atoms with Crippen LogP contribution in [-0.2, 0) is 27.1 Å². The summed E-state index contributed by atoms with van der Waals surface area (Å²) in [5.74, 6) is 0. The van der Waals surface area contributed by atoms with E-state index in [0.29, 0.717) is 0 Å². The third-order valence-corrected chi connectivity index (χ3v) is 18.2. The van der Waals surface area contributed by atoms with E-state index in [2.05, 4.69) is 293 Å². The molecule has 0 amide bonds. The van der Waals surface area contributed by atoms with Crippen LogP contribution in [0.25, 0.3) is 66.4 Å². The highest BCUT2D eigenvalue weighted by molar-refractivity contribution is 6.90. The Kier molecular flexibility index (Phi) is 10.7. The molecule has 0 saturated heterocycles. The SMILES string of the molecule is CC(C)(C)c1ccc(N(c2ccc(C(C)(C)C)cc2)c2ccc3c4c2c2c(n4B4c5ccc(C(C)(C)C)cc5N(c5ccc(C(C)(C)C)cc5-c5ccccc5)c5cc6c(oc7ccccc76)c-3c54)-c3ccccc3C2(C)C)cc1. The van der Waals surface area contributed by atoms with Gasteiger partial charge >= 0.3 is 6.85 Å². The quantitative estimate of drug-likeness (QED) is 0.161. The Hall–Kier alpha value is -8.02. The minimum atomic E-state index is -0.353. The summed E-state index contributed by atoms with van der Waals surface area (Å²) in [5.41, 5.74) is 27.3. The largest absolute Gasteiger partial charge is 0.455 e. The molecule has 9 aromatic carbocycles. The van der Waals surface area contributed by atoms with Crippen molar-refractivity contribution in [3.63, 3.8) is 0 Å². The Balaban J connectivity index is 1.16. The maximum absolute atomic E-state index is 7.34. The first-order valence-corrected chi connectivity index (χ1v) is 29.0. The predicted molar refractivity (Wildman–Crippen MR) is 342 cm³/mol. The minimum absolute atomic E-state index is 0.00418. The van der Waals surface area contributed by atoms with E-state index < -0.39 is 0 Å². The molecule has 80 heavy (non-hydrogen) atoms. The van der Waals surface area contributed by atoms with Crippen molar-refractivity contribution < 1.29 is 4.42 Å². The standard InChI is InChI=1S/C75H72BN3O/c1-71(2,3)46-28-34-50(35-29-46)77(51-36-30-47(31-37-51)72(4,5)6)60-41-38-54-64-67-62(44-56-52-24-19-21-27-63(52)80-70(56)64)78(59-40-33-48(73(7,8)9)42-55(59)45-22-16-15-17-23-45)61-43-49(74(10,11)12)32-39-58(61)76(67)79-68(54)65(60)66-69(79)53-25-18-20-26-57(53)75(66,13)14/h15-44H,1-14H3. The predicted octanol–water partition coefficient (Wildman–Crippen LogP) is 19.6. The monoisotopic (exact) mass is 1040 g/mol. The van der Waals surface area contributed by atoms with Crippen LogP contribution in [0.3, 0.4) is 0 Å². The Morgan fingerprint density at radius 2 is 1.05 bits per heavy atom. The van der Waals surface area contributed by atoms with Crippen LogP contribution in [0.15, 0.2) is 186 Å². The molecule has 396 valence electrons. The zero-order valence-corrected chi connectivity index (χ0v) is 49.1. The van der Waals surface area contributed by atoms with Gasteiger partial charge in [0.2, 0.25) is 0 Å². The number of benzene rings is 9. The van der Waals surface area contributed by atoms with Crippen molar-refractivity contribution in [3.05, 3.63) is 215 Å². The average molecular weight is 1040 g/mol. The first kappa shape index (κ1) is 50.2. The third-order valence-electron chi connectivity index (χ3n) is 18.2. The Labute approximate surface area is 473 Å². The van der Waals surface area contributed by atoms with Gasteiger partial charge in [-0.05, 0) is 132 Å². The number of hydrogen-bond acceptors (Lipinski definition) is 3. The molecular formula is C75H72BN3O. The van der Waals surface area contributed by atoms with E-state index >= 15 is 0 Å². The van der Waals surface area contributed by atoms with Crippen molar-refractivity contribution >= 4 is 84.7 Å². The molecule has 0 N–H and O–H groups in total. The Morgan fingerprint density at radius 3 is 1.70 bits per heavy atom. The molecule has 14 rings (SSSR count). The molecule has 0 radical (unpaired) electrons. The second-order valence-electron chi connectivity index (χ2n) is 27.8. The molecular weight excluding hydrogens is 970 g/mol. The molecule has 4 nitrogen and oxygen atoms in total. The lowest BCUT2D eigenvalue weighted by Crippen LogP contribution is -2.57. The van der Waals surface area contributed by atoms with Gasteiger partial charge in [0.05, 0.1) is 11.4 Å². The van der Waals surface area contributed by atoms with E-state index in [1.807, 2.05) is 0 Å². The van der Waals surface area contributed by atoms with Gasteiger partial charge in [0.25, 0.3) is 0 Å². The van der Waals surface area contributed by atoms with Gasteiger partial charge in [-0.25, -0.2) is 0 Å². The second kappa shape index (κ2) is 17.0. The fourth-order valence-electron chi connectivity index (χ4n) is 13.8. The summed E-state index contributed by atoms with van der Waals surface area (Å²) in [6, 6.07) is 69.7. The molecule has 2 aliphatic heterocycles. The number of rotatable bonds is 5. The van der Waals surface area contributed by atoms with Gasteiger partial charge in [-0.15, -0.1) is 0 Å². The first-order valence-electron chi connectivity index (χ1n) is 29.0. The highest BCUT2D eigenvalue weighted by Crippen LogP contribution is 2.60. The zero-order valence-electron chi connectivity index (χ0n) is 49.1. The summed E-state index contributed by atoms with van der Waals surface area (Å²) in [5, 5.41) is 3.52. The topological polar surface area (TPSA) is 24.6 Å². The molecule has 1 aliphatic carbocycles. The van der Waals surface area contributed by atoms with Crippen molar-refractivity contribution in [1.29, 1.82) is 0 Å². The van der Waals surface area contributed by atoms with Crippen molar-refractivity contribution in [2.24, 2.45) is 0 Å². The third kappa shape index (κ3) is 7.34. The van der Waals surface area contributed by atoms with Gasteiger partial charge in [-0.3, -0.25) is 0 Å². The second-order valence-corrected chi connectivity index (χ2v) is 27.8. The number of aromatic nitrogens is 1. The molecule has 2 aromatic heterocycles. The summed E-state index contributed by atoms with van der Waals surface area (Å²) in [6.45, 7) is 32.5. The number of anilines is 6. The van der Waals surface area contributed by atoms with Crippen LogP contribution in [-0.4, -0.2) is 11.3 Å². The van der Waals surface area contributed by atoms with Crippen LogP contribution in [0.2, 0.25) is 0 Å². The fraction of sp³-hybridized carbons (Fsp3) is 0.253. The molecule has 0 spiro atoms. The molecule has 0 fully saturated rings. The fourth-order valence-corrected chi connectivity index (χ4v) is 13.8. The molecule has 5 heteroatoms. The highest BCUT2D eigenvalue weighted by Gasteiger charge is 2.50. The summed E-state index contributed by atoms with van der Waals surface area (Å²) in [7, 11) is 0. The Bertz CT molecular complexity index is 4290. The van der Waals surface area contributed by atoms with E-state index in [1.165, 1.54) is 106 Å². The summed E-state index contributed by atoms with van der Waals surface area (Å²) < 4.78 is 10.1. The number of furan rings is 1. The van der Waals surface area contributed by atoms with Crippen LogP contribution >= 0.6 is 0 Å². The lowest BCUT2D eigenvalue weighted by Gasteiger charge is -2.42. The molecule has 0 atom stereocenters. The molecule has 0 saturated carbocycles. The van der Waals surface area contributed by atoms with Gasteiger partial charge in [0.15, 0.2) is 0 Å². The van der Waals surface area contributed by atoms with Gasteiger partial charge in [-0.1, -0.05) is 218 Å². The van der Waals surface area contributed by atoms with E-state index in [4.69, 9.17) is 4.42 Å². The lowest BCUT2D eigenvalue weighted by molar-refractivity contribution is 0.590. The van der Waals surface area contributed by atoms with Gasteiger partial charge < -0.3 is 18.7 Å². The van der Waals surface area contributed by atoms with Crippen molar-refractivity contribution in [2.45, 2.75) is 124 Å².